The first-order valence-electron chi connectivity index (χ1n) is 12.0. The Balaban J connectivity index is 1.75. The molecule has 3 aromatic carbocycles. The molecule has 1 aromatic heterocycles. The molecule has 7 heteroatoms. The first-order valence-corrected chi connectivity index (χ1v) is 12.0. The molecule has 0 aliphatic heterocycles. The van der Waals surface area contributed by atoms with Gasteiger partial charge in [-0.25, -0.2) is 0 Å². The van der Waals surface area contributed by atoms with Gasteiger partial charge in [-0.3, -0.25) is 15.0 Å². The number of imidazole rings is 1. The number of phenols is 1. The third-order valence-electron chi connectivity index (χ3n) is 6.31. The number of nitrogens with zero attached hydrogens (tertiary/aromatic N) is 2. The van der Waals surface area contributed by atoms with E-state index in [-0.39, 0.29) is 36.1 Å². The fourth-order valence-electron chi connectivity index (χ4n) is 4.40. The van der Waals surface area contributed by atoms with E-state index < -0.39 is 5.41 Å². The van der Waals surface area contributed by atoms with Gasteiger partial charge in [0.05, 0.1) is 24.1 Å². The molecule has 0 saturated carbocycles. The fraction of sp³-hybridized carbons (Fsp3) is 0.276. The van der Waals surface area contributed by atoms with E-state index in [0.29, 0.717) is 23.2 Å². The van der Waals surface area contributed by atoms with Gasteiger partial charge in [0, 0.05) is 30.2 Å². The number of ketones is 1. The van der Waals surface area contributed by atoms with Gasteiger partial charge in [0.25, 0.3) is 0 Å². The third-order valence-corrected chi connectivity index (χ3v) is 6.31. The monoisotopic (exact) mass is 484 g/mol. The van der Waals surface area contributed by atoms with Crippen LogP contribution in [0.4, 0.5) is 0 Å². The zero-order chi connectivity index (χ0) is 26.0. The highest BCUT2D eigenvalue weighted by molar-refractivity contribution is 5.97. The molecule has 0 atom stereocenters. The number of nitrogens with one attached hydrogen (secondary N) is 2. The summed E-state index contributed by atoms with van der Waals surface area (Å²) in [5.41, 5.74) is 4.14. The van der Waals surface area contributed by atoms with E-state index in [2.05, 4.69) is 5.32 Å². The number of Topliss-reactive ketones (excluding diaryl/α,β-unsaturated/α-hetero) is 1. The van der Waals surface area contributed by atoms with Crippen molar-refractivity contribution in [2.45, 2.75) is 52.7 Å². The number of carbonyl (C=O) groups excluding carboxylic acids is 2. The summed E-state index contributed by atoms with van der Waals surface area (Å²) >= 11 is 0. The molecule has 3 N–H and O–H groups in total. The summed E-state index contributed by atoms with van der Waals surface area (Å²) in [5.74, 6) is -0.309. The summed E-state index contributed by atoms with van der Waals surface area (Å²) in [7, 11) is 0. The van der Waals surface area contributed by atoms with Crippen LogP contribution in [0, 0.1) is 5.41 Å². The maximum Gasteiger partial charge on any atom is 0.217 e. The van der Waals surface area contributed by atoms with Gasteiger partial charge in [0.1, 0.15) is 5.75 Å². The summed E-state index contributed by atoms with van der Waals surface area (Å²) in [6.07, 6.45) is 0. The lowest BCUT2D eigenvalue weighted by Gasteiger charge is -2.23. The van der Waals surface area contributed by atoms with Crippen LogP contribution >= 0.6 is 0 Å². The van der Waals surface area contributed by atoms with Crippen molar-refractivity contribution < 1.29 is 14.7 Å². The minimum absolute atomic E-state index is 0.0188. The van der Waals surface area contributed by atoms with E-state index in [1.807, 2.05) is 79.9 Å². The second kappa shape index (κ2) is 9.85. The summed E-state index contributed by atoms with van der Waals surface area (Å²) in [6, 6.07) is 21.0. The second-order valence-corrected chi connectivity index (χ2v) is 10.1. The number of carbonyl (C=O) groups is 2. The largest absolute Gasteiger partial charge is 0.507 e. The van der Waals surface area contributed by atoms with E-state index in [4.69, 9.17) is 5.41 Å². The van der Waals surface area contributed by atoms with Crippen LogP contribution in [-0.2, 0) is 29.8 Å². The van der Waals surface area contributed by atoms with Crippen molar-refractivity contribution in [2.75, 3.05) is 0 Å². The zero-order valence-corrected chi connectivity index (χ0v) is 21.1. The van der Waals surface area contributed by atoms with Crippen molar-refractivity contribution in [3.05, 3.63) is 94.6 Å². The normalized spacial score (nSPS) is 11.6. The number of amides is 1. The Labute approximate surface area is 210 Å². The topological polar surface area (TPSA) is 100 Å². The molecule has 0 aliphatic carbocycles. The molecule has 36 heavy (non-hydrogen) atoms. The van der Waals surface area contributed by atoms with Crippen LogP contribution in [-0.4, -0.2) is 25.9 Å². The molecule has 0 aliphatic rings. The number of hydrogen-bond donors (Lipinski definition) is 3. The lowest BCUT2D eigenvalue weighted by Crippen LogP contribution is -2.28. The molecule has 7 nitrogen and oxygen atoms in total. The molecular weight excluding hydrogens is 452 g/mol. The van der Waals surface area contributed by atoms with Crippen LogP contribution in [0.5, 0.6) is 5.75 Å². The Hall–Kier alpha value is -4.13. The van der Waals surface area contributed by atoms with Crippen LogP contribution in [0.3, 0.4) is 0 Å². The first kappa shape index (κ1) is 25.0. The Morgan fingerprint density at radius 1 is 0.944 bits per heavy atom. The number of fused-ring (bicyclic) bond motifs is 1. The number of rotatable bonds is 7. The minimum Gasteiger partial charge on any atom is -0.507 e. The molecule has 0 bridgehead atoms. The highest BCUT2D eigenvalue weighted by Gasteiger charge is 2.24. The van der Waals surface area contributed by atoms with E-state index in [9.17, 15) is 14.7 Å². The maximum absolute atomic E-state index is 13.6. The molecular formula is C29H32N4O3. The van der Waals surface area contributed by atoms with Crippen LogP contribution in [0.15, 0.2) is 66.7 Å². The molecule has 1 amide bonds. The summed E-state index contributed by atoms with van der Waals surface area (Å²) in [4.78, 5) is 25.1. The average Bonchev–Trinajstić information content (AvgIpc) is 3.09. The van der Waals surface area contributed by atoms with Gasteiger partial charge in [0.2, 0.25) is 11.5 Å². The van der Waals surface area contributed by atoms with Gasteiger partial charge in [-0.05, 0) is 35.2 Å². The van der Waals surface area contributed by atoms with E-state index in [1.54, 1.807) is 16.7 Å². The average molecular weight is 485 g/mol. The molecule has 0 fully saturated rings. The standard InChI is InChI=1S/C29H32N4O3/c1-19(34)31-16-22-14-21(15-23(27(22)36)29(2,3)4)26(35)18-33-25-13-9-8-12-24(25)32(28(33)30)17-20-10-6-5-7-11-20/h5-15,30,36H,16-18H2,1-4H3,(H,31,34). The zero-order valence-electron chi connectivity index (χ0n) is 21.1. The molecule has 4 rings (SSSR count). The second-order valence-electron chi connectivity index (χ2n) is 10.1. The number of phenolic OH excluding ortho intramolecular Hbond substituents is 1. The van der Waals surface area contributed by atoms with Crippen molar-refractivity contribution in [1.29, 1.82) is 5.41 Å². The van der Waals surface area contributed by atoms with Gasteiger partial charge in [0.15, 0.2) is 5.78 Å². The van der Waals surface area contributed by atoms with Crippen LogP contribution < -0.4 is 10.9 Å². The number of benzene rings is 3. The van der Waals surface area contributed by atoms with Crippen molar-refractivity contribution in [3.8, 4) is 5.75 Å². The molecule has 0 spiro atoms. The van der Waals surface area contributed by atoms with E-state index >= 15 is 0 Å². The molecule has 0 saturated heterocycles. The highest BCUT2D eigenvalue weighted by Crippen LogP contribution is 2.35. The number of para-hydroxylation sites is 2. The molecule has 1 heterocycles. The molecule has 4 aromatic rings. The van der Waals surface area contributed by atoms with Crippen LogP contribution in [0.1, 0.15) is 54.7 Å². The number of aromatic hydroxyl groups is 1. The van der Waals surface area contributed by atoms with Crippen LogP contribution in [0.25, 0.3) is 11.0 Å². The quantitative estimate of drug-likeness (QED) is 0.337. The van der Waals surface area contributed by atoms with Gasteiger partial charge in [-0.1, -0.05) is 63.2 Å². The predicted molar refractivity (Wildman–Crippen MR) is 140 cm³/mol. The van der Waals surface area contributed by atoms with Gasteiger partial charge >= 0.3 is 0 Å². The highest BCUT2D eigenvalue weighted by atomic mass is 16.3. The lowest BCUT2D eigenvalue weighted by atomic mass is 9.83. The predicted octanol–water partition coefficient (Wildman–Crippen LogP) is 4.49. The smallest absolute Gasteiger partial charge is 0.217 e. The van der Waals surface area contributed by atoms with Gasteiger partial charge < -0.3 is 19.6 Å². The third kappa shape index (κ3) is 5.10. The minimum atomic E-state index is -0.412. The van der Waals surface area contributed by atoms with Crippen molar-refractivity contribution in [3.63, 3.8) is 0 Å². The van der Waals surface area contributed by atoms with E-state index in [1.165, 1.54) is 6.92 Å². The maximum atomic E-state index is 13.6. The summed E-state index contributed by atoms with van der Waals surface area (Å²) < 4.78 is 3.62. The van der Waals surface area contributed by atoms with Gasteiger partial charge in [-0.2, -0.15) is 0 Å². The van der Waals surface area contributed by atoms with Crippen LogP contribution in [0.2, 0.25) is 0 Å². The fourth-order valence-corrected chi connectivity index (χ4v) is 4.40. The van der Waals surface area contributed by atoms with E-state index in [0.717, 1.165) is 16.6 Å². The van der Waals surface area contributed by atoms with Gasteiger partial charge in [-0.15, -0.1) is 0 Å². The SMILES string of the molecule is CC(=O)NCc1cc(C(=O)Cn2c(=N)n(Cc3ccccc3)c3ccccc32)cc(C(C)(C)C)c1O. The Morgan fingerprint density at radius 2 is 1.56 bits per heavy atom. The van der Waals surface area contributed by atoms with Crippen molar-refractivity contribution in [2.24, 2.45) is 0 Å². The molecule has 0 radical (unpaired) electrons. The van der Waals surface area contributed by atoms with Crippen molar-refractivity contribution in [1.82, 2.24) is 14.5 Å². The number of aromatic nitrogens is 2. The molecule has 186 valence electrons. The Bertz CT molecular complexity index is 1490. The Kier molecular flexibility index (Phi) is 6.84. The number of hydrogen-bond acceptors (Lipinski definition) is 4. The first-order chi connectivity index (χ1) is 17.1. The lowest BCUT2D eigenvalue weighted by molar-refractivity contribution is -0.119. The summed E-state index contributed by atoms with van der Waals surface area (Å²) in [5, 5.41) is 22.5. The van der Waals surface area contributed by atoms with Crippen molar-refractivity contribution >= 4 is 22.7 Å². The molecule has 0 unspecified atom stereocenters. The summed E-state index contributed by atoms with van der Waals surface area (Å²) in [6.45, 7) is 7.93. The Morgan fingerprint density at radius 3 is 2.17 bits per heavy atom.